The fraction of sp³-hybridized carbons (Fsp3) is 0.923. The molecule has 0 aromatic heterocycles. The number of hydrogen-bond acceptors (Lipinski definition) is 3. The van der Waals surface area contributed by atoms with Crippen LogP contribution in [0.25, 0.3) is 0 Å². The Bertz CT molecular complexity index is 424. The number of nitrogens with zero attached hydrogens (tertiary/aromatic N) is 1. The van der Waals surface area contributed by atoms with Gasteiger partial charge in [0.15, 0.2) is 0 Å². The van der Waals surface area contributed by atoms with Crippen LogP contribution in [0.3, 0.4) is 0 Å². The fourth-order valence-electron chi connectivity index (χ4n) is 2.67. The number of hydrogen-bond donors (Lipinski definition) is 2. The molecule has 0 atom stereocenters. The van der Waals surface area contributed by atoms with Gasteiger partial charge >= 0.3 is 5.97 Å². The molecular weight excluding hydrogens is 280 g/mol. The van der Waals surface area contributed by atoms with Crippen molar-refractivity contribution in [3.8, 4) is 0 Å². The minimum Gasteiger partial charge on any atom is -0.481 e. The van der Waals surface area contributed by atoms with E-state index in [4.69, 9.17) is 0 Å². The van der Waals surface area contributed by atoms with Gasteiger partial charge in [0.1, 0.15) is 0 Å². The molecule has 0 aromatic carbocycles. The van der Waals surface area contributed by atoms with E-state index in [1.165, 1.54) is 4.31 Å². The Morgan fingerprint density at radius 2 is 1.80 bits per heavy atom. The Morgan fingerprint density at radius 1 is 1.30 bits per heavy atom. The maximum absolute atomic E-state index is 12.1. The van der Waals surface area contributed by atoms with Crippen molar-refractivity contribution in [2.75, 3.05) is 19.6 Å². The zero-order valence-corrected chi connectivity index (χ0v) is 13.4. The van der Waals surface area contributed by atoms with Crippen LogP contribution in [-0.4, -0.2) is 43.4 Å². The second kappa shape index (κ2) is 6.87. The van der Waals surface area contributed by atoms with E-state index >= 15 is 0 Å². The minimum atomic E-state index is -3.59. The first kappa shape index (κ1) is 17.4. The summed E-state index contributed by atoms with van der Waals surface area (Å²) in [6, 6.07) is 0. The Labute approximate surface area is 121 Å². The van der Waals surface area contributed by atoms with Crippen molar-refractivity contribution < 1.29 is 18.3 Å². The van der Waals surface area contributed by atoms with Gasteiger partial charge in [0, 0.05) is 19.6 Å². The molecule has 7 heteroatoms. The summed E-state index contributed by atoms with van der Waals surface area (Å²) in [6.45, 7) is 6.36. The molecule has 0 unspecified atom stereocenters. The first-order chi connectivity index (χ1) is 9.27. The molecule has 0 saturated heterocycles. The van der Waals surface area contributed by atoms with Crippen LogP contribution in [-0.2, 0) is 15.0 Å². The summed E-state index contributed by atoms with van der Waals surface area (Å²) in [5, 5.41) is 9.48. The van der Waals surface area contributed by atoms with Gasteiger partial charge < -0.3 is 5.11 Å². The van der Waals surface area contributed by atoms with E-state index in [1.807, 2.05) is 0 Å². The average molecular weight is 306 g/mol. The van der Waals surface area contributed by atoms with Crippen molar-refractivity contribution in [2.45, 2.75) is 46.5 Å². The monoisotopic (exact) mass is 306 g/mol. The normalized spacial score (nSPS) is 27.7. The van der Waals surface area contributed by atoms with Gasteiger partial charge in [-0.3, -0.25) is 4.79 Å². The van der Waals surface area contributed by atoms with Crippen LogP contribution in [0.1, 0.15) is 46.5 Å². The number of nitrogens with one attached hydrogen (secondary N) is 1. The molecule has 1 aliphatic carbocycles. The minimum absolute atomic E-state index is 0.0200. The molecular formula is C13H26N2O4S. The lowest BCUT2D eigenvalue weighted by atomic mass is 9.71. The number of carboxylic acids is 1. The Balaban J connectivity index is 2.76. The predicted molar refractivity (Wildman–Crippen MR) is 77.5 cm³/mol. The second-order valence-electron chi connectivity index (χ2n) is 5.68. The molecule has 0 heterocycles. The van der Waals surface area contributed by atoms with E-state index in [9.17, 15) is 18.3 Å². The molecule has 0 spiro atoms. The van der Waals surface area contributed by atoms with Crippen molar-refractivity contribution in [3.63, 3.8) is 0 Å². The molecule has 118 valence electrons. The van der Waals surface area contributed by atoms with Gasteiger partial charge in [-0.1, -0.05) is 20.8 Å². The zero-order valence-electron chi connectivity index (χ0n) is 12.6. The van der Waals surface area contributed by atoms with Crippen molar-refractivity contribution in [3.05, 3.63) is 0 Å². The molecule has 1 rings (SSSR count). The van der Waals surface area contributed by atoms with E-state index in [0.29, 0.717) is 31.8 Å². The molecule has 1 saturated carbocycles. The summed E-state index contributed by atoms with van der Waals surface area (Å²) >= 11 is 0. The third-order valence-corrected chi connectivity index (χ3v) is 6.03. The van der Waals surface area contributed by atoms with Gasteiger partial charge in [0.25, 0.3) is 10.2 Å². The molecule has 0 radical (unpaired) electrons. The van der Waals surface area contributed by atoms with Crippen LogP contribution < -0.4 is 4.72 Å². The topological polar surface area (TPSA) is 86.7 Å². The number of carbonyl (C=O) groups is 1. The maximum atomic E-state index is 12.1. The van der Waals surface area contributed by atoms with Crippen LogP contribution in [0.2, 0.25) is 0 Å². The van der Waals surface area contributed by atoms with Crippen LogP contribution in [0.4, 0.5) is 0 Å². The van der Waals surface area contributed by atoms with E-state index in [1.54, 1.807) is 13.8 Å². The maximum Gasteiger partial charge on any atom is 0.310 e. The first-order valence-corrected chi connectivity index (χ1v) is 8.69. The highest BCUT2D eigenvalue weighted by atomic mass is 32.2. The molecule has 0 aromatic rings. The largest absolute Gasteiger partial charge is 0.481 e. The molecule has 2 N–H and O–H groups in total. The van der Waals surface area contributed by atoms with Gasteiger partial charge in [-0.05, 0) is 31.6 Å². The smallest absolute Gasteiger partial charge is 0.310 e. The standard InChI is InChI=1S/C13H26N2O4S/c1-4-15(5-2)20(18,19)14-10-13(12(16)17)8-6-11(3)7-9-13/h11,14H,4-10H2,1-3H3,(H,16,17). The predicted octanol–water partition coefficient (Wildman–Crippen LogP) is 1.44. The molecule has 0 bridgehead atoms. The number of rotatable bonds is 7. The number of aliphatic carboxylic acids is 1. The summed E-state index contributed by atoms with van der Waals surface area (Å²) in [4.78, 5) is 11.6. The third-order valence-electron chi connectivity index (χ3n) is 4.32. The summed E-state index contributed by atoms with van der Waals surface area (Å²) in [6.07, 6.45) is 2.73. The Hall–Kier alpha value is -0.660. The fourth-order valence-corrected chi connectivity index (χ4v) is 3.99. The van der Waals surface area contributed by atoms with Crippen molar-refractivity contribution >= 4 is 16.2 Å². The lowest BCUT2D eigenvalue weighted by Gasteiger charge is -2.36. The van der Waals surface area contributed by atoms with E-state index in [0.717, 1.165) is 12.8 Å². The third kappa shape index (κ3) is 3.93. The van der Waals surface area contributed by atoms with Gasteiger partial charge in [0.05, 0.1) is 5.41 Å². The number of carboxylic acid groups (broad SMARTS) is 1. The molecule has 20 heavy (non-hydrogen) atoms. The van der Waals surface area contributed by atoms with Crippen molar-refractivity contribution in [2.24, 2.45) is 11.3 Å². The quantitative estimate of drug-likeness (QED) is 0.745. The van der Waals surface area contributed by atoms with Crippen LogP contribution >= 0.6 is 0 Å². The highest BCUT2D eigenvalue weighted by Crippen LogP contribution is 2.38. The summed E-state index contributed by atoms with van der Waals surface area (Å²) in [5.41, 5.74) is -0.952. The summed E-state index contributed by atoms with van der Waals surface area (Å²) < 4.78 is 28.0. The highest BCUT2D eigenvalue weighted by Gasteiger charge is 2.42. The van der Waals surface area contributed by atoms with E-state index in [-0.39, 0.29) is 6.54 Å². The average Bonchev–Trinajstić information content (AvgIpc) is 2.39. The van der Waals surface area contributed by atoms with Crippen LogP contribution in [0, 0.1) is 11.3 Å². The van der Waals surface area contributed by atoms with Crippen molar-refractivity contribution in [1.29, 1.82) is 0 Å². The molecule has 6 nitrogen and oxygen atoms in total. The first-order valence-electron chi connectivity index (χ1n) is 7.25. The molecule has 1 aliphatic rings. The van der Waals surface area contributed by atoms with Crippen LogP contribution in [0.15, 0.2) is 0 Å². The van der Waals surface area contributed by atoms with Crippen LogP contribution in [0.5, 0.6) is 0 Å². The molecule has 0 amide bonds. The van der Waals surface area contributed by atoms with E-state index < -0.39 is 21.6 Å². The van der Waals surface area contributed by atoms with Gasteiger partial charge in [-0.2, -0.15) is 12.7 Å². The summed E-state index contributed by atoms with van der Waals surface area (Å²) in [7, 11) is -3.59. The Morgan fingerprint density at radius 3 is 2.20 bits per heavy atom. The second-order valence-corrected chi connectivity index (χ2v) is 7.43. The lowest BCUT2D eigenvalue weighted by Crippen LogP contribution is -2.49. The Kier molecular flexibility index (Phi) is 5.97. The summed E-state index contributed by atoms with van der Waals surface area (Å²) in [5.74, 6) is -0.381. The highest BCUT2D eigenvalue weighted by molar-refractivity contribution is 7.87. The molecule has 1 fully saturated rings. The van der Waals surface area contributed by atoms with Gasteiger partial charge in [-0.25, -0.2) is 4.72 Å². The van der Waals surface area contributed by atoms with Gasteiger partial charge in [-0.15, -0.1) is 0 Å². The molecule has 0 aliphatic heterocycles. The van der Waals surface area contributed by atoms with Crippen molar-refractivity contribution in [1.82, 2.24) is 9.03 Å². The zero-order chi connectivity index (χ0) is 15.4. The van der Waals surface area contributed by atoms with E-state index in [2.05, 4.69) is 11.6 Å². The van der Waals surface area contributed by atoms with Gasteiger partial charge in [0.2, 0.25) is 0 Å². The SMILES string of the molecule is CCN(CC)S(=O)(=O)NCC1(C(=O)O)CCC(C)CC1. The lowest BCUT2D eigenvalue weighted by molar-refractivity contribution is -0.151.